The van der Waals surface area contributed by atoms with Crippen molar-refractivity contribution in [3.05, 3.63) is 23.9 Å². The summed E-state index contributed by atoms with van der Waals surface area (Å²) in [4.78, 5) is 15.9. The van der Waals surface area contributed by atoms with Gasteiger partial charge in [-0.15, -0.1) is 0 Å². The molecular weight excluding hydrogens is 216 g/mol. The normalized spacial score (nSPS) is 12.3. The van der Waals surface area contributed by atoms with Crippen LogP contribution in [-0.2, 0) is 0 Å². The van der Waals surface area contributed by atoms with E-state index in [1.165, 1.54) is 0 Å². The van der Waals surface area contributed by atoms with Crippen LogP contribution in [0.5, 0.6) is 0 Å². The van der Waals surface area contributed by atoms with Gasteiger partial charge >= 0.3 is 0 Å². The molecule has 4 N–H and O–H groups in total. The second-order valence-corrected chi connectivity index (χ2v) is 4.56. The average molecular weight is 236 g/mol. The highest BCUT2D eigenvalue weighted by atomic mass is 16.1. The molecule has 0 radical (unpaired) electrons. The highest BCUT2D eigenvalue weighted by Gasteiger charge is 2.12. The van der Waals surface area contributed by atoms with Gasteiger partial charge in [0, 0.05) is 6.04 Å². The number of anilines is 1. The Kier molecular flexibility index (Phi) is 4.90. The molecule has 17 heavy (non-hydrogen) atoms. The molecule has 0 saturated heterocycles. The van der Waals surface area contributed by atoms with Crippen molar-refractivity contribution in [2.45, 2.75) is 33.2 Å². The largest absolute Gasteiger partial charge is 0.348 e. The summed E-state index contributed by atoms with van der Waals surface area (Å²) in [7, 11) is 0. The van der Waals surface area contributed by atoms with Crippen molar-refractivity contribution in [2.24, 2.45) is 11.8 Å². The van der Waals surface area contributed by atoms with Crippen molar-refractivity contribution in [3.8, 4) is 0 Å². The molecule has 94 valence electrons. The number of pyridine rings is 1. The SMILES string of the molecule is CC(C)CC(C)NC(=O)c1cccc(NN)n1. The molecule has 1 aromatic heterocycles. The molecule has 1 aromatic rings. The number of carbonyl (C=O) groups is 1. The molecule has 5 heteroatoms. The van der Waals surface area contributed by atoms with Gasteiger partial charge in [0.15, 0.2) is 0 Å². The van der Waals surface area contributed by atoms with Crippen LogP contribution in [0.15, 0.2) is 18.2 Å². The lowest BCUT2D eigenvalue weighted by molar-refractivity contribution is 0.0931. The van der Waals surface area contributed by atoms with Crippen LogP contribution in [0.3, 0.4) is 0 Å². The fraction of sp³-hybridized carbons (Fsp3) is 0.500. The van der Waals surface area contributed by atoms with Crippen LogP contribution in [0.25, 0.3) is 0 Å². The van der Waals surface area contributed by atoms with Crippen molar-refractivity contribution in [3.63, 3.8) is 0 Å². The van der Waals surface area contributed by atoms with E-state index in [0.29, 0.717) is 17.4 Å². The fourth-order valence-corrected chi connectivity index (χ4v) is 1.71. The van der Waals surface area contributed by atoms with E-state index in [-0.39, 0.29) is 11.9 Å². The van der Waals surface area contributed by atoms with E-state index < -0.39 is 0 Å². The molecule has 1 rings (SSSR count). The van der Waals surface area contributed by atoms with Crippen LogP contribution in [0.4, 0.5) is 5.82 Å². The van der Waals surface area contributed by atoms with Gasteiger partial charge in [0.1, 0.15) is 11.5 Å². The number of aromatic nitrogens is 1. The first-order valence-electron chi connectivity index (χ1n) is 5.77. The van der Waals surface area contributed by atoms with Crippen LogP contribution >= 0.6 is 0 Å². The van der Waals surface area contributed by atoms with Crippen LogP contribution in [0, 0.1) is 5.92 Å². The Balaban J connectivity index is 2.63. The first kappa shape index (κ1) is 13.4. The van der Waals surface area contributed by atoms with E-state index in [4.69, 9.17) is 5.84 Å². The molecule has 1 amide bonds. The molecule has 0 fully saturated rings. The number of nitrogens with two attached hydrogens (primary N) is 1. The van der Waals surface area contributed by atoms with E-state index in [1.54, 1.807) is 18.2 Å². The van der Waals surface area contributed by atoms with Crippen molar-refractivity contribution in [1.29, 1.82) is 0 Å². The van der Waals surface area contributed by atoms with Crippen LogP contribution in [0.1, 0.15) is 37.7 Å². The minimum atomic E-state index is -0.171. The minimum absolute atomic E-state index is 0.138. The number of nitrogen functional groups attached to an aromatic ring is 1. The summed E-state index contributed by atoms with van der Waals surface area (Å²) in [5.74, 6) is 6.10. The molecule has 0 saturated carbocycles. The van der Waals surface area contributed by atoms with Gasteiger partial charge in [-0.3, -0.25) is 4.79 Å². The first-order chi connectivity index (χ1) is 8.02. The van der Waals surface area contributed by atoms with Gasteiger partial charge in [0.2, 0.25) is 0 Å². The minimum Gasteiger partial charge on any atom is -0.348 e. The van der Waals surface area contributed by atoms with Gasteiger partial charge in [-0.2, -0.15) is 0 Å². The van der Waals surface area contributed by atoms with E-state index in [2.05, 4.69) is 29.6 Å². The molecule has 1 unspecified atom stereocenters. The molecule has 1 heterocycles. The third kappa shape index (κ3) is 4.40. The number of amides is 1. The van der Waals surface area contributed by atoms with Crippen molar-refractivity contribution in [2.75, 3.05) is 5.43 Å². The Morgan fingerprint density at radius 1 is 1.41 bits per heavy atom. The van der Waals surface area contributed by atoms with Crippen LogP contribution in [0.2, 0.25) is 0 Å². The molecular formula is C12H20N4O. The van der Waals surface area contributed by atoms with Crippen LogP contribution < -0.4 is 16.6 Å². The standard InChI is InChI=1S/C12H20N4O/c1-8(2)7-9(3)14-12(17)10-5-4-6-11(15-10)16-13/h4-6,8-9H,7,13H2,1-3H3,(H,14,17)(H,15,16). The third-order valence-electron chi connectivity index (χ3n) is 2.33. The van der Waals surface area contributed by atoms with Crippen LogP contribution in [-0.4, -0.2) is 16.9 Å². The Labute approximate surface area is 102 Å². The summed E-state index contributed by atoms with van der Waals surface area (Å²) in [6.45, 7) is 6.24. The van der Waals surface area contributed by atoms with E-state index in [0.717, 1.165) is 6.42 Å². The van der Waals surface area contributed by atoms with Gasteiger partial charge in [0.25, 0.3) is 5.91 Å². The third-order valence-corrected chi connectivity index (χ3v) is 2.33. The number of rotatable bonds is 5. The van der Waals surface area contributed by atoms with E-state index in [1.807, 2.05) is 6.92 Å². The molecule has 0 aliphatic heterocycles. The Hall–Kier alpha value is -1.62. The van der Waals surface area contributed by atoms with E-state index >= 15 is 0 Å². The lowest BCUT2D eigenvalue weighted by atomic mass is 10.1. The zero-order valence-electron chi connectivity index (χ0n) is 10.5. The molecule has 0 spiro atoms. The first-order valence-corrected chi connectivity index (χ1v) is 5.77. The maximum Gasteiger partial charge on any atom is 0.270 e. The predicted octanol–water partition coefficient (Wildman–Crippen LogP) is 1.53. The number of hydrazine groups is 1. The van der Waals surface area contributed by atoms with Crippen molar-refractivity contribution < 1.29 is 4.79 Å². The summed E-state index contributed by atoms with van der Waals surface area (Å²) >= 11 is 0. The summed E-state index contributed by atoms with van der Waals surface area (Å²) in [5.41, 5.74) is 2.79. The highest BCUT2D eigenvalue weighted by Crippen LogP contribution is 2.06. The van der Waals surface area contributed by atoms with Crippen molar-refractivity contribution in [1.82, 2.24) is 10.3 Å². The second kappa shape index (κ2) is 6.20. The summed E-state index contributed by atoms with van der Waals surface area (Å²) < 4.78 is 0. The topological polar surface area (TPSA) is 80.0 Å². The van der Waals surface area contributed by atoms with Gasteiger partial charge in [0.05, 0.1) is 0 Å². The smallest absolute Gasteiger partial charge is 0.270 e. The maximum absolute atomic E-state index is 11.9. The zero-order chi connectivity index (χ0) is 12.8. The zero-order valence-corrected chi connectivity index (χ0v) is 10.5. The number of hydrogen-bond donors (Lipinski definition) is 3. The van der Waals surface area contributed by atoms with Gasteiger partial charge in [-0.05, 0) is 31.4 Å². The quantitative estimate of drug-likeness (QED) is 0.535. The van der Waals surface area contributed by atoms with Gasteiger partial charge < -0.3 is 10.7 Å². The van der Waals surface area contributed by atoms with Gasteiger partial charge in [-0.25, -0.2) is 10.8 Å². The maximum atomic E-state index is 11.9. The molecule has 0 bridgehead atoms. The average Bonchev–Trinajstić information content (AvgIpc) is 2.27. The molecule has 0 aliphatic rings. The number of nitrogens with zero attached hydrogens (tertiary/aromatic N) is 1. The van der Waals surface area contributed by atoms with Gasteiger partial charge in [-0.1, -0.05) is 19.9 Å². The molecule has 1 atom stereocenters. The summed E-state index contributed by atoms with van der Waals surface area (Å²) in [6.07, 6.45) is 0.945. The molecule has 0 aromatic carbocycles. The lowest BCUT2D eigenvalue weighted by Crippen LogP contribution is -2.34. The summed E-state index contributed by atoms with van der Waals surface area (Å²) in [5, 5.41) is 2.91. The van der Waals surface area contributed by atoms with Crippen molar-refractivity contribution >= 4 is 11.7 Å². The monoisotopic (exact) mass is 236 g/mol. The fourth-order valence-electron chi connectivity index (χ4n) is 1.71. The molecule has 0 aliphatic carbocycles. The highest BCUT2D eigenvalue weighted by molar-refractivity contribution is 5.92. The predicted molar refractivity (Wildman–Crippen MR) is 68.4 cm³/mol. The number of hydrogen-bond acceptors (Lipinski definition) is 4. The molecule has 5 nitrogen and oxygen atoms in total. The summed E-state index contributed by atoms with van der Waals surface area (Å²) in [6, 6.07) is 5.25. The van der Waals surface area contributed by atoms with E-state index in [9.17, 15) is 4.79 Å². The second-order valence-electron chi connectivity index (χ2n) is 4.56. The number of nitrogens with one attached hydrogen (secondary N) is 2. The Bertz CT molecular complexity index is 379. The number of carbonyl (C=O) groups excluding carboxylic acids is 1. The Morgan fingerprint density at radius 3 is 2.71 bits per heavy atom. The lowest BCUT2D eigenvalue weighted by Gasteiger charge is -2.15. The Morgan fingerprint density at radius 2 is 2.12 bits per heavy atom.